The van der Waals surface area contributed by atoms with Crippen molar-refractivity contribution in [3.63, 3.8) is 0 Å². The van der Waals surface area contributed by atoms with Crippen LogP contribution in [0, 0.1) is 41.0 Å². The molecular weight excluding hydrogens is 504 g/mol. The van der Waals surface area contributed by atoms with E-state index < -0.39 is 35.6 Å². The fourth-order valence-electron chi connectivity index (χ4n) is 6.58. The molecule has 0 N–H and O–H groups in total. The van der Waals surface area contributed by atoms with Crippen molar-refractivity contribution in [3.8, 4) is 11.5 Å². The van der Waals surface area contributed by atoms with Gasteiger partial charge < -0.3 is 9.47 Å². The van der Waals surface area contributed by atoms with Crippen LogP contribution in [0.25, 0.3) is 0 Å². The van der Waals surface area contributed by atoms with E-state index in [-0.39, 0.29) is 17.2 Å². The van der Waals surface area contributed by atoms with Gasteiger partial charge in [-0.1, -0.05) is 63.7 Å². The summed E-state index contributed by atoms with van der Waals surface area (Å²) in [7, 11) is 0. The fourth-order valence-corrected chi connectivity index (χ4v) is 6.58. The third kappa shape index (κ3) is 7.37. The number of rotatable bonds is 11. The summed E-state index contributed by atoms with van der Waals surface area (Å²) in [5.74, 6) is -2.57. The van der Waals surface area contributed by atoms with Crippen LogP contribution < -0.4 is 9.47 Å². The molecule has 214 valence electrons. The number of hydrogen-bond donors (Lipinski definition) is 0. The molecule has 2 aliphatic rings. The van der Waals surface area contributed by atoms with E-state index in [1.807, 2.05) is 0 Å². The molecule has 0 aliphatic heterocycles. The first-order chi connectivity index (χ1) is 18.9. The first kappa shape index (κ1) is 29.5. The molecule has 0 spiro atoms. The van der Waals surface area contributed by atoms with Gasteiger partial charge in [0.05, 0.1) is 6.26 Å². The molecule has 6 heteroatoms. The summed E-state index contributed by atoms with van der Waals surface area (Å²) in [4.78, 5) is 0. The van der Waals surface area contributed by atoms with E-state index in [1.54, 1.807) is 13.0 Å². The number of halogens is 4. The molecule has 0 aromatic heterocycles. The number of hydrogen-bond acceptors (Lipinski definition) is 2. The predicted octanol–water partition coefficient (Wildman–Crippen LogP) is 10.4. The van der Waals surface area contributed by atoms with E-state index in [0.29, 0.717) is 11.5 Å². The molecule has 0 bridgehead atoms. The molecule has 0 atom stereocenters. The first-order valence-corrected chi connectivity index (χ1v) is 14.8. The van der Waals surface area contributed by atoms with Crippen molar-refractivity contribution < 1.29 is 27.0 Å². The molecule has 2 nitrogen and oxygen atoms in total. The van der Waals surface area contributed by atoms with Crippen LogP contribution in [0.5, 0.6) is 11.5 Å². The van der Waals surface area contributed by atoms with Crippen LogP contribution in [-0.4, -0.2) is 0 Å². The minimum atomic E-state index is -1.24. The molecule has 2 aromatic rings. The summed E-state index contributed by atoms with van der Waals surface area (Å²) in [6.45, 7) is 3.52. The third-order valence-electron chi connectivity index (χ3n) is 8.90. The number of allylic oxidation sites excluding steroid dienone is 1. The molecule has 2 saturated carbocycles. The van der Waals surface area contributed by atoms with Gasteiger partial charge in [0.2, 0.25) is 11.6 Å². The van der Waals surface area contributed by atoms with E-state index in [2.05, 4.69) is 6.92 Å². The maximum absolute atomic E-state index is 15.1. The van der Waals surface area contributed by atoms with Gasteiger partial charge in [-0.3, -0.25) is 0 Å². The summed E-state index contributed by atoms with van der Waals surface area (Å²) >= 11 is 0. The number of unbranched alkanes of at least 4 members (excludes halogenated alkanes) is 2. The van der Waals surface area contributed by atoms with Crippen molar-refractivity contribution in [2.75, 3.05) is 0 Å². The summed E-state index contributed by atoms with van der Waals surface area (Å²) < 4.78 is 68.9. The Labute approximate surface area is 230 Å². The fraction of sp³-hybridized carbons (Fsp3) is 0.576. The zero-order valence-electron chi connectivity index (χ0n) is 23.3. The maximum Gasteiger partial charge on any atom is 0.205 e. The molecule has 2 aliphatic carbocycles. The molecule has 39 heavy (non-hydrogen) atoms. The second-order valence-electron chi connectivity index (χ2n) is 11.4. The van der Waals surface area contributed by atoms with Crippen LogP contribution in [0.1, 0.15) is 108 Å². The third-order valence-corrected chi connectivity index (χ3v) is 8.90. The summed E-state index contributed by atoms with van der Waals surface area (Å²) in [5.41, 5.74) is 0.381. The Balaban J connectivity index is 1.30. The molecule has 2 aromatic carbocycles. The highest BCUT2D eigenvalue weighted by molar-refractivity contribution is 5.36. The Hall–Kier alpha value is -2.50. The Morgan fingerprint density at radius 1 is 0.744 bits per heavy atom. The highest BCUT2D eigenvalue weighted by Gasteiger charge is 2.32. The van der Waals surface area contributed by atoms with Gasteiger partial charge in [-0.2, -0.15) is 8.78 Å². The quantitative estimate of drug-likeness (QED) is 0.159. The van der Waals surface area contributed by atoms with Gasteiger partial charge in [0.1, 0.15) is 6.61 Å². The smallest absolute Gasteiger partial charge is 0.205 e. The van der Waals surface area contributed by atoms with Crippen LogP contribution in [0.3, 0.4) is 0 Å². The van der Waals surface area contributed by atoms with Gasteiger partial charge in [0.25, 0.3) is 0 Å². The van der Waals surface area contributed by atoms with Crippen LogP contribution in [-0.2, 0) is 6.61 Å². The normalized spacial score (nSPS) is 23.7. The lowest BCUT2D eigenvalue weighted by Gasteiger charge is -2.38. The second kappa shape index (κ2) is 14.2. The minimum Gasteiger partial charge on any atom is -0.486 e. The Morgan fingerprint density at radius 2 is 1.38 bits per heavy atom. The lowest BCUT2D eigenvalue weighted by molar-refractivity contribution is 0.155. The zero-order chi connectivity index (χ0) is 27.8. The molecule has 0 unspecified atom stereocenters. The lowest BCUT2D eigenvalue weighted by atomic mass is 9.68. The molecule has 2 fully saturated rings. The SMILES string of the molecule is CC=COc1ccc(OCc2ccc(C3CCC(C4CCC(CCCCC)CC4)CC3)c(F)c2F)c(F)c1F. The lowest BCUT2D eigenvalue weighted by Crippen LogP contribution is -2.25. The van der Waals surface area contributed by atoms with Crippen LogP contribution in [0.2, 0.25) is 0 Å². The zero-order valence-corrected chi connectivity index (χ0v) is 23.3. The second-order valence-corrected chi connectivity index (χ2v) is 11.4. The van der Waals surface area contributed by atoms with Gasteiger partial charge >= 0.3 is 0 Å². The van der Waals surface area contributed by atoms with E-state index in [9.17, 15) is 13.2 Å². The number of ether oxygens (including phenoxy) is 2. The van der Waals surface area contributed by atoms with Crippen molar-refractivity contribution in [2.45, 2.75) is 103 Å². The van der Waals surface area contributed by atoms with Crippen molar-refractivity contribution in [3.05, 3.63) is 71.0 Å². The van der Waals surface area contributed by atoms with Crippen molar-refractivity contribution in [2.24, 2.45) is 17.8 Å². The Bertz CT molecular complexity index is 1100. The molecular formula is C33H42F4O2. The Morgan fingerprint density at radius 3 is 2.05 bits per heavy atom. The van der Waals surface area contributed by atoms with Gasteiger partial charge in [0, 0.05) is 5.56 Å². The Kier molecular flexibility index (Phi) is 10.8. The van der Waals surface area contributed by atoms with Gasteiger partial charge in [-0.25, -0.2) is 8.78 Å². The monoisotopic (exact) mass is 546 g/mol. The highest BCUT2D eigenvalue weighted by atomic mass is 19.2. The summed E-state index contributed by atoms with van der Waals surface area (Å²) in [6.07, 6.45) is 17.4. The predicted molar refractivity (Wildman–Crippen MR) is 147 cm³/mol. The topological polar surface area (TPSA) is 18.5 Å². The first-order valence-electron chi connectivity index (χ1n) is 14.8. The highest BCUT2D eigenvalue weighted by Crippen LogP contribution is 2.45. The molecule has 0 heterocycles. The average Bonchev–Trinajstić information content (AvgIpc) is 2.96. The van der Waals surface area contributed by atoms with Crippen molar-refractivity contribution >= 4 is 0 Å². The van der Waals surface area contributed by atoms with E-state index >= 15 is 4.39 Å². The van der Waals surface area contributed by atoms with Crippen LogP contribution in [0.4, 0.5) is 17.6 Å². The van der Waals surface area contributed by atoms with Gasteiger partial charge in [0.15, 0.2) is 23.1 Å². The van der Waals surface area contributed by atoms with Crippen molar-refractivity contribution in [1.29, 1.82) is 0 Å². The van der Waals surface area contributed by atoms with Crippen LogP contribution >= 0.6 is 0 Å². The molecule has 0 amide bonds. The minimum absolute atomic E-state index is 0.00681. The van der Waals surface area contributed by atoms with E-state index in [0.717, 1.165) is 37.5 Å². The van der Waals surface area contributed by atoms with Crippen LogP contribution in [0.15, 0.2) is 36.6 Å². The standard InChI is InChI=1S/C33H42F4O2/c1-3-5-6-7-22-8-10-23(11-9-22)24-12-14-25(15-13-24)27-17-16-26(30(34)31(27)35)21-39-29-19-18-28(38-20-4-2)32(36)33(29)37/h4,16-20,22-25H,3,5-15,21H2,1-2H3. The van der Waals surface area contributed by atoms with Gasteiger partial charge in [-0.15, -0.1) is 0 Å². The number of benzene rings is 2. The van der Waals surface area contributed by atoms with E-state index in [1.165, 1.54) is 81.9 Å². The van der Waals surface area contributed by atoms with E-state index in [4.69, 9.17) is 9.47 Å². The summed E-state index contributed by atoms with van der Waals surface area (Å²) in [5, 5.41) is 0. The summed E-state index contributed by atoms with van der Waals surface area (Å²) in [6, 6.07) is 5.56. The molecule has 0 radical (unpaired) electrons. The molecule has 0 saturated heterocycles. The maximum atomic E-state index is 15.1. The largest absolute Gasteiger partial charge is 0.486 e. The van der Waals surface area contributed by atoms with Crippen molar-refractivity contribution in [1.82, 2.24) is 0 Å². The molecule has 4 rings (SSSR count). The average molecular weight is 547 g/mol. The van der Waals surface area contributed by atoms with Gasteiger partial charge in [-0.05, 0) is 86.8 Å².